The molecule has 0 radical (unpaired) electrons. The van der Waals surface area contributed by atoms with Gasteiger partial charge in [0, 0.05) is 6.54 Å². The smallest absolute Gasteiger partial charge is 0.323 e. The van der Waals surface area contributed by atoms with E-state index in [9.17, 15) is 4.79 Å². The molecule has 0 aromatic carbocycles. The van der Waals surface area contributed by atoms with Crippen LogP contribution in [0.1, 0.15) is 46.0 Å². The molecule has 0 saturated carbocycles. The highest BCUT2D eigenvalue weighted by Crippen LogP contribution is 2.20. The Bertz CT molecular complexity index is 218. The van der Waals surface area contributed by atoms with Crippen molar-refractivity contribution >= 4 is 5.97 Å². The first-order valence-electron chi connectivity index (χ1n) is 6.51. The largest absolute Gasteiger partial charge is 0.468 e. The molecule has 1 heterocycles. The second-order valence-electron chi connectivity index (χ2n) is 4.92. The fourth-order valence-electron chi connectivity index (χ4n) is 2.49. The van der Waals surface area contributed by atoms with Crippen LogP contribution in [0.4, 0.5) is 0 Å². The maximum absolute atomic E-state index is 11.8. The molecule has 0 spiro atoms. The Morgan fingerprint density at radius 3 is 2.88 bits per heavy atom. The Labute approximate surface area is 99.1 Å². The summed E-state index contributed by atoms with van der Waals surface area (Å²) in [6.45, 7) is 6.52. The third-order valence-electron chi connectivity index (χ3n) is 3.43. The molecule has 0 N–H and O–H groups in total. The molecule has 2 atom stereocenters. The van der Waals surface area contributed by atoms with E-state index in [1.54, 1.807) is 0 Å². The minimum Gasteiger partial charge on any atom is -0.468 e. The Morgan fingerprint density at radius 1 is 1.56 bits per heavy atom. The summed E-state index contributed by atoms with van der Waals surface area (Å²) in [5, 5.41) is 0. The molecule has 1 rings (SSSR count). The molecule has 1 fully saturated rings. The highest BCUT2D eigenvalue weighted by Gasteiger charge is 2.29. The number of carbonyl (C=O) groups excluding carboxylic acids is 1. The maximum Gasteiger partial charge on any atom is 0.323 e. The molecule has 94 valence electrons. The topological polar surface area (TPSA) is 29.5 Å². The molecule has 0 amide bonds. The zero-order chi connectivity index (χ0) is 12.0. The molecule has 0 aromatic rings. The number of hydrogen-bond donors (Lipinski definition) is 0. The van der Waals surface area contributed by atoms with Crippen LogP contribution in [0, 0.1) is 5.92 Å². The van der Waals surface area contributed by atoms with E-state index >= 15 is 0 Å². The molecular formula is C13H25NO2. The fraction of sp³-hybridized carbons (Fsp3) is 0.923. The summed E-state index contributed by atoms with van der Waals surface area (Å²) in [6.07, 6.45) is 5.68. The molecule has 1 aliphatic rings. The van der Waals surface area contributed by atoms with Crippen molar-refractivity contribution in [3.8, 4) is 0 Å². The Kier molecular flexibility index (Phi) is 5.81. The van der Waals surface area contributed by atoms with Gasteiger partial charge in [0.05, 0.1) is 7.11 Å². The van der Waals surface area contributed by atoms with Gasteiger partial charge in [-0.2, -0.15) is 0 Å². The first-order chi connectivity index (χ1) is 7.69. The van der Waals surface area contributed by atoms with Gasteiger partial charge in [-0.25, -0.2) is 0 Å². The van der Waals surface area contributed by atoms with Gasteiger partial charge in [-0.3, -0.25) is 9.69 Å². The van der Waals surface area contributed by atoms with Crippen molar-refractivity contribution in [3.63, 3.8) is 0 Å². The number of methoxy groups -OCH3 is 1. The lowest BCUT2D eigenvalue weighted by molar-refractivity contribution is -0.148. The number of ether oxygens (including phenoxy) is 1. The van der Waals surface area contributed by atoms with Gasteiger partial charge in [0.1, 0.15) is 6.04 Å². The molecule has 16 heavy (non-hydrogen) atoms. The van der Waals surface area contributed by atoms with Gasteiger partial charge in [0.25, 0.3) is 0 Å². The van der Waals surface area contributed by atoms with Crippen molar-refractivity contribution in [2.24, 2.45) is 5.92 Å². The lowest BCUT2D eigenvalue weighted by Crippen LogP contribution is -2.46. The average molecular weight is 227 g/mol. The first-order valence-corrected chi connectivity index (χ1v) is 6.51. The number of piperidine rings is 1. The molecular weight excluding hydrogens is 202 g/mol. The van der Waals surface area contributed by atoms with Crippen molar-refractivity contribution < 1.29 is 9.53 Å². The van der Waals surface area contributed by atoms with E-state index in [1.807, 2.05) is 0 Å². The molecule has 3 nitrogen and oxygen atoms in total. The van der Waals surface area contributed by atoms with E-state index in [1.165, 1.54) is 20.0 Å². The summed E-state index contributed by atoms with van der Waals surface area (Å²) in [5.41, 5.74) is 0. The van der Waals surface area contributed by atoms with Gasteiger partial charge in [-0.15, -0.1) is 0 Å². The van der Waals surface area contributed by atoms with Crippen molar-refractivity contribution in [1.82, 2.24) is 4.90 Å². The van der Waals surface area contributed by atoms with Crippen LogP contribution in [-0.4, -0.2) is 37.1 Å². The molecule has 3 heteroatoms. The monoisotopic (exact) mass is 227 g/mol. The lowest BCUT2D eigenvalue weighted by atomic mass is 9.97. The molecule has 1 aliphatic heterocycles. The van der Waals surface area contributed by atoms with Gasteiger partial charge in [-0.1, -0.05) is 26.7 Å². The standard InChI is InChI=1S/C13H25NO2/c1-4-5-8-12(13(15)16-3)14-9-6-7-11(2)10-14/h11-12H,4-10H2,1-3H3. The third kappa shape index (κ3) is 3.78. The molecule has 0 aliphatic carbocycles. The van der Waals surface area contributed by atoms with Crippen molar-refractivity contribution in [3.05, 3.63) is 0 Å². The van der Waals surface area contributed by atoms with Crippen molar-refractivity contribution in [2.45, 2.75) is 52.0 Å². The fourth-order valence-corrected chi connectivity index (χ4v) is 2.49. The average Bonchev–Trinajstić information content (AvgIpc) is 2.29. The van der Waals surface area contributed by atoms with Crippen LogP contribution in [0.25, 0.3) is 0 Å². The molecule has 2 unspecified atom stereocenters. The predicted molar refractivity (Wildman–Crippen MR) is 65.3 cm³/mol. The summed E-state index contributed by atoms with van der Waals surface area (Å²) in [5.74, 6) is 0.657. The van der Waals surface area contributed by atoms with Crippen LogP contribution >= 0.6 is 0 Å². The normalized spacial score (nSPS) is 24.1. The van der Waals surface area contributed by atoms with Gasteiger partial charge < -0.3 is 4.74 Å². The number of carbonyl (C=O) groups is 1. The molecule has 0 bridgehead atoms. The number of esters is 1. The lowest BCUT2D eigenvalue weighted by Gasteiger charge is -2.35. The highest BCUT2D eigenvalue weighted by molar-refractivity contribution is 5.75. The van der Waals surface area contributed by atoms with E-state index in [2.05, 4.69) is 18.7 Å². The zero-order valence-corrected chi connectivity index (χ0v) is 10.9. The van der Waals surface area contributed by atoms with E-state index in [-0.39, 0.29) is 12.0 Å². The van der Waals surface area contributed by atoms with E-state index < -0.39 is 0 Å². The molecule has 0 aromatic heterocycles. The van der Waals surface area contributed by atoms with Gasteiger partial charge in [0.2, 0.25) is 0 Å². The number of nitrogens with zero attached hydrogens (tertiary/aromatic N) is 1. The summed E-state index contributed by atoms with van der Waals surface area (Å²) >= 11 is 0. The minimum atomic E-state index is -0.0532. The van der Waals surface area contributed by atoms with Gasteiger partial charge in [-0.05, 0) is 31.7 Å². The van der Waals surface area contributed by atoms with Gasteiger partial charge in [0.15, 0.2) is 0 Å². The molecule has 1 saturated heterocycles. The van der Waals surface area contributed by atoms with E-state index in [0.29, 0.717) is 5.92 Å². The summed E-state index contributed by atoms with van der Waals surface area (Å²) in [7, 11) is 1.49. The van der Waals surface area contributed by atoms with Crippen molar-refractivity contribution in [2.75, 3.05) is 20.2 Å². The Morgan fingerprint density at radius 2 is 2.31 bits per heavy atom. The van der Waals surface area contributed by atoms with Crippen LogP contribution in [0.5, 0.6) is 0 Å². The quantitative estimate of drug-likeness (QED) is 0.676. The Hall–Kier alpha value is -0.570. The van der Waals surface area contributed by atoms with Crippen LogP contribution in [0.2, 0.25) is 0 Å². The summed E-state index contributed by atoms with van der Waals surface area (Å²) in [4.78, 5) is 14.1. The van der Waals surface area contributed by atoms with Gasteiger partial charge >= 0.3 is 5.97 Å². The van der Waals surface area contributed by atoms with Crippen LogP contribution in [0.3, 0.4) is 0 Å². The van der Waals surface area contributed by atoms with Crippen LogP contribution < -0.4 is 0 Å². The number of likely N-dealkylation sites (tertiary alicyclic amines) is 1. The third-order valence-corrected chi connectivity index (χ3v) is 3.43. The Balaban J connectivity index is 2.55. The second-order valence-corrected chi connectivity index (χ2v) is 4.92. The van der Waals surface area contributed by atoms with Crippen LogP contribution in [-0.2, 0) is 9.53 Å². The number of rotatable bonds is 5. The zero-order valence-electron chi connectivity index (χ0n) is 10.9. The second kappa shape index (κ2) is 6.89. The number of hydrogen-bond acceptors (Lipinski definition) is 3. The SMILES string of the molecule is CCCCC(C(=O)OC)N1CCCC(C)C1. The minimum absolute atomic E-state index is 0.00676. The van der Waals surface area contributed by atoms with E-state index in [4.69, 9.17) is 4.74 Å². The predicted octanol–water partition coefficient (Wildman–Crippen LogP) is 2.45. The first kappa shape index (κ1) is 13.5. The van der Waals surface area contributed by atoms with Crippen molar-refractivity contribution in [1.29, 1.82) is 0 Å². The summed E-state index contributed by atoms with van der Waals surface area (Å²) in [6, 6.07) is -0.00676. The summed E-state index contributed by atoms with van der Waals surface area (Å²) < 4.78 is 4.92. The maximum atomic E-state index is 11.8. The number of unbranched alkanes of at least 4 members (excludes halogenated alkanes) is 1. The van der Waals surface area contributed by atoms with Crippen LogP contribution in [0.15, 0.2) is 0 Å². The highest BCUT2D eigenvalue weighted by atomic mass is 16.5. The van der Waals surface area contributed by atoms with E-state index in [0.717, 1.165) is 32.4 Å².